The molecule has 3 heterocycles. The zero-order chi connectivity index (χ0) is 21.2. The summed E-state index contributed by atoms with van der Waals surface area (Å²) in [5.74, 6) is 0.180. The molecule has 5 rings (SSSR count). The van der Waals surface area contributed by atoms with Crippen LogP contribution in [0, 0.1) is 0 Å². The molecule has 2 aromatic carbocycles. The van der Waals surface area contributed by atoms with Crippen LogP contribution in [0.3, 0.4) is 0 Å². The highest BCUT2D eigenvalue weighted by Gasteiger charge is 2.35. The summed E-state index contributed by atoms with van der Waals surface area (Å²) in [5.41, 5.74) is 2.66. The molecule has 31 heavy (non-hydrogen) atoms. The smallest absolute Gasteiger partial charge is 0.251 e. The van der Waals surface area contributed by atoms with Crippen LogP contribution in [0.4, 0.5) is 0 Å². The van der Waals surface area contributed by atoms with Crippen LogP contribution in [-0.2, 0) is 9.53 Å². The molecule has 2 saturated heterocycles. The first-order chi connectivity index (χ1) is 15.2. The number of aromatic amines is 1. The Labute approximate surface area is 181 Å². The van der Waals surface area contributed by atoms with Gasteiger partial charge < -0.3 is 14.6 Å². The predicted molar refractivity (Wildman–Crippen MR) is 119 cm³/mol. The summed E-state index contributed by atoms with van der Waals surface area (Å²) >= 11 is 0. The van der Waals surface area contributed by atoms with E-state index in [0.29, 0.717) is 38.3 Å². The minimum atomic E-state index is -0.375. The number of hydrogen-bond acceptors (Lipinski definition) is 4. The molecule has 0 unspecified atom stereocenters. The number of aromatic nitrogens is 1. The summed E-state index contributed by atoms with van der Waals surface area (Å²) in [7, 11) is 0. The Morgan fingerprint density at radius 1 is 0.968 bits per heavy atom. The van der Waals surface area contributed by atoms with Crippen molar-refractivity contribution >= 4 is 22.6 Å². The van der Waals surface area contributed by atoms with Crippen molar-refractivity contribution in [3.63, 3.8) is 0 Å². The number of fused-ring (bicyclic) bond motifs is 1. The number of carbonyl (C=O) groups excluding carboxylic acids is 2. The third kappa shape index (κ3) is 3.89. The summed E-state index contributed by atoms with van der Waals surface area (Å²) in [6.45, 7) is 3.22. The third-order valence-electron chi connectivity index (χ3n) is 6.41. The molecule has 0 aliphatic carbocycles. The first kappa shape index (κ1) is 20.0. The van der Waals surface area contributed by atoms with E-state index in [0.717, 1.165) is 29.3 Å². The van der Waals surface area contributed by atoms with E-state index >= 15 is 0 Å². The van der Waals surface area contributed by atoms with Gasteiger partial charge in [-0.25, -0.2) is 0 Å². The van der Waals surface area contributed by atoms with Gasteiger partial charge in [-0.2, -0.15) is 0 Å². The maximum absolute atomic E-state index is 13.8. The van der Waals surface area contributed by atoms with Crippen molar-refractivity contribution in [1.82, 2.24) is 14.8 Å². The lowest BCUT2D eigenvalue weighted by Crippen LogP contribution is -2.53. The van der Waals surface area contributed by atoms with Crippen LogP contribution in [0.5, 0.6) is 0 Å². The SMILES string of the molecule is O=C(c1c[nH]c2ccccc12)[C@H](c1ccccc1)N1CCN(C(=O)[C@H]2CCCO2)CC1. The number of hydrogen-bond donors (Lipinski definition) is 1. The van der Waals surface area contributed by atoms with Gasteiger partial charge in [-0.1, -0.05) is 48.5 Å². The highest BCUT2D eigenvalue weighted by atomic mass is 16.5. The number of amides is 1. The van der Waals surface area contributed by atoms with Crippen molar-refractivity contribution in [1.29, 1.82) is 0 Å². The molecular weight excluding hydrogens is 390 g/mol. The van der Waals surface area contributed by atoms with E-state index in [1.807, 2.05) is 65.7 Å². The van der Waals surface area contributed by atoms with Gasteiger partial charge in [0.25, 0.3) is 5.91 Å². The van der Waals surface area contributed by atoms with Crippen LogP contribution in [-0.4, -0.2) is 65.4 Å². The predicted octanol–water partition coefficient (Wildman–Crippen LogP) is 3.42. The second-order valence-electron chi connectivity index (χ2n) is 8.29. The number of para-hydroxylation sites is 1. The monoisotopic (exact) mass is 417 g/mol. The second kappa shape index (κ2) is 8.65. The molecule has 1 amide bonds. The highest BCUT2D eigenvalue weighted by molar-refractivity contribution is 6.10. The molecule has 1 N–H and O–H groups in total. The Kier molecular flexibility index (Phi) is 5.57. The van der Waals surface area contributed by atoms with E-state index in [4.69, 9.17) is 4.74 Å². The van der Waals surface area contributed by atoms with Gasteiger partial charge in [-0.15, -0.1) is 0 Å². The fraction of sp³-hybridized carbons (Fsp3) is 0.360. The minimum Gasteiger partial charge on any atom is -0.368 e. The standard InChI is InChI=1S/C25H27N3O3/c29-24(20-17-26-21-10-5-4-9-19(20)21)23(18-7-2-1-3-8-18)27-12-14-28(15-13-27)25(30)22-11-6-16-31-22/h1-5,7-10,17,22-23,26H,6,11-16H2/t22-,23+/m1/s1. The lowest BCUT2D eigenvalue weighted by molar-refractivity contribution is -0.142. The van der Waals surface area contributed by atoms with Crippen LogP contribution in [0.15, 0.2) is 60.8 Å². The maximum Gasteiger partial charge on any atom is 0.251 e. The number of ketones is 1. The lowest BCUT2D eigenvalue weighted by Gasteiger charge is -2.39. The Bertz CT molecular complexity index is 1060. The summed E-state index contributed by atoms with van der Waals surface area (Å²) in [4.78, 5) is 33.8. The molecule has 0 radical (unpaired) electrons. The van der Waals surface area contributed by atoms with Crippen molar-refractivity contribution in [2.45, 2.75) is 25.0 Å². The van der Waals surface area contributed by atoms with Gasteiger partial charge in [0.15, 0.2) is 5.78 Å². The highest BCUT2D eigenvalue weighted by Crippen LogP contribution is 2.30. The van der Waals surface area contributed by atoms with Crippen LogP contribution >= 0.6 is 0 Å². The molecule has 2 atom stereocenters. The fourth-order valence-electron chi connectivity index (χ4n) is 4.76. The van der Waals surface area contributed by atoms with Crippen molar-refractivity contribution in [3.05, 3.63) is 71.9 Å². The number of piperazine rings is 1. The van der Waals surface area contributed by atoms with Gasteiger partial charge in [0.1, 0.15) is 6.10 Å². The van der Waals surface area contributed by atoms with E-state index in [-0.39, 0.29) is 23.8 Å². The molecule has 3 aromatic rings. The first-order valence-corrected chi connectivity index (χ1v) is 11.0. The number of Topliss-reactive ketones (excluding diaryl/α,β-unsaturated/α-hetero) is 1. The lowest BCUT2D eigenvalue weighted by atomic mass is 9.95. The van der Waals surface area contributed by atoms with Gasteiger partial charge >= 0.3 is 0 Å². The minimum absolute atomic E-state index is 0.0857. The summed E-state index contributed by atoms with van der Waals surface area (Å²) in [6, 6.07) is 17.5. The van der Waals surface area contributed by atoms with E-state index in [9.17, 15) is 9.59 Å². The van der Waals surface area contributed by atoms with Crippen LogP contribution in [0.25, 0.3) is 10.9 Å². The van der Waals surface area contributed by atoms with Crippen LogP contribution in [0.2, 0.25) is 0 Å². The normalized spacial score (nSPS) is 20.8. The summed E-state index contributed by atoms with van der Waals surface area (Å²) in [5, 5.41) is 0.945. The maximum atomic E-state index is 13.8. The molecule has 2 aliphatic heterocycles. The van der Waals surface area contributed by atoms with Crippen molar-refractivity contribution in [3.8, 4) is 0 Å². The van der Waals surface area contributed by atoms with E-state index in [2.05, 4.69) is 9.88 Å². The zero-order valence-corrected chi connectivity index (χ0v) is 17.5. The number of nitrogens with zero attached hydrogens (tertiary/aromatic N) is 2. The Hall–Kier alpha value is -2.96. The number of ether oxygens (including phenoxy) is 1. The molecule has 0 spiro atoms. The third-order valence-corrected chi connectivity index (χ3v) is 6.41. The number of H-pyrrole nitrogens is 1. The van der Waals surface area contributed by atoms with E-state index in [1.165, 1.54) is 0 Å². The molecule has 0 saturated carbocycles. The molecule has 0 bridgehead atoms. The summed E-state index contributed by atoms with van der Waals surface area (Å²) < 4.78 is 5.58. The first-order valence-electron chi connectivity index (χ1n) is 11.0. The van der Waals surface area contributed by atoms with Crippen molar-refractivity contribution in [2.75, 3.05) is 32.8 Å². The number of nitrogens with one attached hydrogen (secondary N) is 1. The molecule has 1 aromatic heterocycles. The number of carbonyl (C=O) groups is 2. The van der Waals surface area contributed by atoms with Gasteiger partial charge in [0, 0.05) is 55.4 Å². The summed E-state index contributed by atoms with van der Waals surface area (Å²) in [6.07, 6.45) is 3.29. The zero-order valence-electron chi connectivity index (χ0n) is 17.5. The molecule has 6 nitrogen and oxygen atoms in total. The second-order valence-corrected chi connectivity index (χ2v) is 8.29. The average molecular weight is 418 g/mol. The largest absolute Gasteiger partial charge is 0.368 e. The number of benzene rings is 2. The van der Waals surface area contributed by atoms with Gasteiger partial charge in [-0.3, -0.25) is 14.5 Å². The van der Waals surface area contributed by atoms with Gasteiger partial charge in [0.05, 0.1) is 6.04 Å². The molecular formula is C25H27N3O3. The van der Waals surface area contributed by atoms with Gasteiger partial charge in [-0.05, 0) is 24.5 Å². The molecule has 2 aliphatic rings. The molecule has 2 fully saturated rings. The quantitative estimate of drug-likeness (QED) is 0.646. The molecule has 160 valence electrons. The topological polar surface area (TPSA) is 65.6 Å². The van der Waals surface area contributed by atoms with Crippen molar-refractivity contribution < 1.29 is 14.3 Å². The van der Waals surface area contributed by atoms with Gasteiger partial charge in [0.2, 0.25) is 0 Å². The van der Waals surface area contributed by atoms with Crippen LogP contribution in [0.1, 0.15) is 34.8 Å². The Morgan fingerprint density at radius 3 is 2.45 bits per heavy atom. The van der Waals surface area contributed by atoms with Crippen molar-refractivity contribution in [2.24, 2.45) is 0 Å². The Balaban J connectivity index is 1.39. The Morgan fingerprint density at radius 2 is 1.71 bits per heavy atom. The average Bonchev–Trinajstić information content (AvgIpc) is 3.50. The molecule has 6 heteroatoms. The van der Waals surface area contributed by atoms with Crippen LogP contribution < -0.4 is 0 Å². The fourth-order valence-corrected chi connectivity index (χ4v) is 4.76. The van der Waals surface area contributed by atoms with E-state index < -0.39 is 0 Å². The van der Waals surface area contributed by atoms with E-state index in [1.54, 1.807) is 0 Å². The number of rotatable bonds is 5.